The second-order valence-corrected chi connectivity index (χ2v) is 7.21. The van der Waals surface area contributed by atoms with E-state index in [2.05, 4.69) is 0 Å². The number of rotatable bonds is 1. The minimum Gasteiger partial charge on any atom is -0.507 e. The van der Waals surface area contributed by atoms with Crippen molar-refractivity contribution in [2.24, 2.45) is 0 Å². The largest absolute Gasteiger partial charge is 0.507 e. The zero-order valence-electron chi connectivity index (χ0n) is 15.4. The van der Waals surface area contributed by atoms with Gasteiger partial charge >= 0.3 is 5.97 Å². The van der Waals surface area contributed by atoms with E-state index < -0.39 is 42.6 Å². The van der Waals surface area contributed by atoms with Gasteiger partial charge in [-0.3, -0.25) is 0 Å². The van der Waals surface area contributed by atoms with Crippen molar-refractivity contribution in [3.05, 3.63) is 23.3 Å². The lowest BCUT2D eigenvalue weighted by Crippen LogP contribution is -2.34. The van der Waals surface area contributed by atoms with E-state index in [-0.39, 0.29) is 29.0 Å². The Hall–Kier alpha value is -1.87. The lowest BCUT2D eigenvalue weighted by atomic mass is 9.94. The zero-order chi connectivity index (χ0) is 19.7. The molecule has 3 rings (SSSR count). The quantitative estimate of drug-likeness (QED) is 0.531. The van der Waals surface area contributed by atoms with Gasteiger partial charge in [-0.1, -0.05) is 0 Å². The van der Waals surface area contributed by atoms with Crippen LogP contribution in [0, 0.1) is 0 Å². The van der Waals surface area contributed by atoms with Crippen molar-refractivity contribution in [1.82, 2.24) is 0 Å². The van der Waals surface area contributed by atoms with Crippen LogP contribution in [-0.4, -0.2) is 64.0 Å². The summed E-state index contributed by atoms with van der Waals surface area (Å²) in [5.41, 5.74) is -0.0629. The summed E-state index contributed by atoms with van der Waals surface area (Å²) in [6, 6.07) is 2.71. The summed E-state index contributed by atoms with van der Waals surface area (Å²) < 4.78 is 16.2. The highest BCUT2D eigenvalue weighted by Crippen LogP contribution is 2.39. The van der Waals surface area contributed by atoms with E-state index >= 15 is 0 Å². The Labute approximate surface area is 157 Å². The van der Waals surface area contributed by atoms with E-state index in [0.29, 0.717) is 19.3 Å². The highest BCUT2D eigenvalue weighted by atomic mass is 16.5. The number of fused-ring (bicyclic) bond motifs is 3. The Morgan fingerprint density at radius 3 is 2.59 bits per heavy atom. The summed E-state index contributed by atoms with van der Waals surface area (Å²) in [5.74, 6) is -0.872. The predicted molar refractivity (Wildman–Crippen MR) is 93.6 cm³/mol. The molecule has 150 valence electrons. The molecule has 2 bridgehead atoms. The molecule has 6 unspecified atom stereocenters. The number of carbonyl (C=O) groups is 1. The van der Waals surface area contributed by atoms with Gasteiger partial charge in [0.15, 0.2) is 0 Å². The highest BCUT2D eigenvalue weighted by Gasteiger charge is 2.43. The number of cyclic esters (lactones) is 1. The van der Waals surface area contributed by atoms with Gasteiger partial charge in [-0.2, -0.15) is 0 Å². The Morgan fingerprint density at radius 1 is 1.15 bits per heavy atom. The molecule has 0 saturated carbocycles. The van der Waals surface area contributed by atoms with Gasteiger partial charge in [-0.25, -0.2) is 4.79 Å². The SMILES string of the molecule is COc1cc(O)c2c(c1)C(O)C1CC(O)C(O1)C(O)CCCC(C)OC2=O. The van der Waals surface area contributed by atoms with Crippen molar-refractivity contribution in [1.29, 1.82) is 0 Å². The number of aromatic hydroxyl groups is 1. The van der Waals surface area contributed by atoms with E-state index in [1.165, 1.54) is 19.2 Å². The van der Waals surface area contributed by atoms with Crippen LogP contribution in [0.5, 0.6) is 11.5 Å². The third kappa shape index (κ3) is 4.03. The van der Waals surface area contributed by atoms with E-state index in [1.54, 1.807) is 6.92 Å². The van der Waals surface area contributed by atoms with Gasteiger partial charge < -0.3 is 34.6 Å². The number of phenols is 1. The fourth-order valence-corrected chi connectivity index (χ4v) is 3.75. The molecule has 0 aromatic heterocycles. The number of ether oxygens (including phenoxy) is 3. The molecular formula is C19H26O8. The monoisotopic (exact) mass is 382 g/mol. The normalized spacial score (nSPS) is 34.6. The average molecular weight is 382 g/mol. The highest BCUT2D eigenvalue weighted by molar-refractivity contribution is 5.94. The maximum atomic E-state index is 12.6. The summed E-state index contributed by atoms with van der Waals surface area (Å²) in [4.78, 5) is 12.6. The maximum absolute atomic E-state index is 12.6. The Kier molecular flexibility index (Phi) is 5.90. The van der Waals surface area contributed by atoms with Crippen molar-refractivity contribution in [2.45, 2.75) is 69.2 Å². The van der Waals surface area contributed by atoms with Crippen LogP contribution in [-0.2, 0) is 9.47 Å². The third-order valence-corrected chi connectivity index (χ3v) is 5.22. The van der Waals surface area contributed by atoms with Gasteiger partial charge in [0.25, 0.3) is 0 Å². The van der Waals surface area contributed by atoms with Crippen LogP contribution in [0.2, 0.25) is 0 Å². The van der Waals surface area contributed by atoms with Crippen LogP contribution in [0.25, 0.3) is 0 Å². The zero-order valence-corrected chi connectivity index (χ0v) is 15.4. The topological polar surface area (TPSA) is 126 Å². The maximum Gasteiger partial charge on any atom is 0.342 e. The van der Waals surface area contributed by atoms with Crippen LogP contribution >= 0.6 is 0 Å². The first-order chi connectivity index (χ1) is 12.8. The second kappa shape index (κ2) is 8.02. The lowest BCUT2D eigenvalue weighted by molar-refractivity contribution is -0.0945. The predicted octanol–water partition coefficient (Wildman–Crippen LogP) is 1.04. The molecule has 8 heteroatoms. The average Bonchev–Trinajstić information content (AvgIpc) is 3.01. The van der Waals surface area contributed by atoms with E-state index in [9.17, 15) is 25.2 Å². The van der Waals surface area contributed by atoms with E-state index in [0.717, 1.165) is 0 Å². The number of esters is 1. The molecule has 6 atom stereocenters. The number of methoxy groups -OCH3 is 1. The molecular weight excluding hydrogens is 356 g/mol. The minimum atomic E-state index is -1.32. The van der Waals surface area contributed by atoms with Crippen molar-refractivity contribution < 1.29 is 39.4 Å². The number of hydrogen-bond donors (Lipinski definition) is 4. The van der Waals surface area contributed by atoms with Gasteiger partial charge in [0.2, 0.25) is 0 Å². The second-order valence-electron chi connectivity index (χ2n) is 7.21. The number of hydrogen-bond acceptors (Lipinski definition) is 8. The third-order valence-electron chi connectivity index (χ3n) is 5.22. The summed E-state index contributed by atoms with van der Waals surface area (Å²) >= 11 is 0. The van der Waals surface area contributed by atoms with Crippen LogP contribution in [0.3, 0.4) is 0 Å². The van der Waals surface area contributed by atoms with Gasteiger partial charge in [-0.15, -0.1) is 0 Å². The molecule has 0 aliphatic carbocycles. The molecule has 1 aromatic carbocycles. The molecule has 0 amide bonds. The van der Waals surface area contributed by atoms with E-state index in [4.69, 9.17) is 14.2 Å². The number of aliphatic hydroxyl groups excluding tert-OH is 3. The van der Waals surface area contributed by atoms with Crippen molar-refractivity contribution in [3.8, 4) is 11.5 Å². The molecule has 4 N–H and O–H groups in total. The Morgan fingerprint density at radius 2 is 1.89 bits per heavy atom. The summed E-state index contributed by atoms with van der Waals surface area (Å²) in [6.07, 6.45) is -3.73. The van der Waals surface area contributed by atoms with Gasteiger partial charge in [0.05, 0.1) is 31.5 Å². The molecule has 1 aromatic rings. The summed E-state index contributed by atoms with van der Waals surface area (Å²) in [7, 11) is 1.40. The first-order valence-electron chi connectivity index (χ1n) is 9.13. The molecule has 1 saturated heterocycles. The van der Waals surface area contributed by atoms with Gasteiger partial charge in [0.1, 0.15) is 29.3 Å². The molecule has 0 spiro atoms. The molecule has 1 fully saturated rings. The Balaban J connectivity index is 2.05. The van der Waals surface area contributed by atoms with E-state index in [1.807, 2.05) is 0 Å². The standard InChI is InChI=1S/C19H26O8/c1-9-4-3-5-12(20)18-14(22)8-15(27-18)17(23)11-6-10(25-2)7-13(21)16(11)19(24)26-9/h6-7,9,12,14-15,17-18,20-23H,3-5,8H2,1-2H3. The molecule has 2 heterocycles. The number of carbonyl (C=O) groups excluding carboxylic acids is 1. The van der Waals surface area contributed by atoms with Crippen molar-refractivity contribution in [2.75, 3.05) is 7.11 Å². The fourth-order valence-electron chi connectivity index (χ4n) is 3.75. The van der Waals surface area contributed by atoms with Gasteiger partial charge in [0, 0.05) is 18.1 Å². The molecule has 8 nitrogen and oxygen atoms in total. The smallest absolute Gasteiger partial charge is 0.342 e. The van der Waals surface area contributed by atoms with Crippen LogP contribution in [0.15, 0.2) is 12.1 Å². The molecule has 0 radical (unpaired) electrons. The number of aliphatic hydroxyl groups is 3. The summed E-state index contributed by atoms with van der Waals surface area (Å²) in [5, 5.41) is 41.8. The summed E-state index contributed by atoms with van der Waals surface area (Å²) in [6.45, 7) is 1.72. The van der Waals surface area contributed by atoms with Crippen LogP contribution in [0.1, 0.15) is 54.6 Å². The molecule has 2 aliphatic heterocycles. The van der Waals surface area contributed by atoms with Crippen molar-refractivity contribution in [3.63, 3.8) is 0 Å². The number of phenolic OH excluding ortho intramolecular Hbond substituents is 1. The Bertz CT molecular complexity index is 691. The van der Waals surface area contributed by atoms with Crippen molar-refractivity contribution >= 4 is 5.97 Å². The first kappa shape index (κ1) is 19.9. The lowest BCUT2D eigenvalue weighted by Gasteiger charge is -2.23. The number of benzene rings is 1. The van der Waals surface area contributed by atoms with Crippen LogP contribution in [0.4, 0.5) is 0 Å². The minimum absolute atomic E-state index is 0.0890. The van der Waals surface area contributed by atoms with Crippen LogP contribution < -0.4 is 4.74 Å². The first-order valence-corrected chi connectivity index (χ1v) is 9.13. The fraction of sp³-hybridized carbons (Fsp3) is 0.632. The molecule has 27 heavy (non-hydrogen) atoms. The van der Waals surface area contributed by atoms with Gasteiger partial charge in [-0.05, 0) is 32.3 Å². The molecule has 2 aliphatic rings.